The van der Waals surface area contributed by atoms with Crippen LogP contribution in [0.25, 0.3) is 0 Å². The van der Waals surface area contributed by atoms with Gasteiger partial charge in [0, 0.05) is 6.20 Å². The molecule has 0 unspecified atom stereocenters. The van der Waals surface area contributed by atoms with Crippen LogP contribution in [0, 0.1) is 0 Å². The van der Waals surface area contributed by atoms with Gasteiger partial charge in [-0.2, -0.15) is 8.42 Å². The maximum absolute atomic E-state index is 12.2. The van der Waals surface area contributed by atoms with Crippen LogP contribution in [0.15, 0.2) is 35.7 Å². The molecule has 1 aliphatic rings. The summed E-state index contributed by atoms with van der Waals surface area (Å²) >= 11 is 0. The number of nitrogens with two attached hydrogens (primary N) is 1. The number of pyridine rings is 1. The predicted molar refractivity (Wildman–Crippen MR) is 67.7 cm³/mol. The normalized spacial score (nSPS) is 16.2. The monoisotopic (exact) mass is 291 g/mol. The topological polar surface area (TPSA) is 119 Å². The van der Waals surface area contributed by atoms with Gasteiger partial charge >= 0.3 is 0 Å². The Morgan fingerprint density at radius 2 is 2.00 bits per heavy atom. The Kier molecular flexibility index (Phi) is 2.64. The lowest BCUT2D eigenvalue weighted by atomic mass is 10.2. The van der Waals surface area contributed by atoms with Crippen LogP contribution in [0.4, 0.5) is 5.82 Å². The van der Waals surface area contributed by atoms with Crippen LogP contribution in [-0.4, -0.2) is 33.6 Å². The first-order chi connectivity index (χ1) is 9.50. The maximum atomic E-state index is 12.2. The van der Waals surface area contributed by atoms with E-state index in [2.05, 4.69) is 15.0 Å². The maximum Gasteiger partial charge on any atom is 0.285 e. The minimum absolute atomic E-state index is 0.0657. The van der Waals surface area contributed by atoms with Crippen molar-refractivity contribution in [2.24, 2.45) is 0 Å². The van der Waals surface area contributed by atoms with Crippen molar-refractivity contribution >= 4 is 21.7 Å². The summed E-state index contributed by atoms with van der Waals surface area (Å²) in [7, 11) is -3.93. The molecule has 3 rings (SSSR count). The lowest BCUT2D eigenvalue weighted by Gasteiger charge is -2.13. The van der Waals surface area contributed by atoms with Crippen molar-refractivity contribution in [1.82, 2.24) is 19.3 Å². The second-order valence-electron chi connectivity index (χ2n) is 4.11. The molecule has 0 radical (unpaired) electrons. The van der Waals surface area contributed by atoms with Crippen molar-refractivity contribution in [3.8, 4) is 0 Å². The van der Waals surface area contributed by atoms with Crippen LogP contribution >= 0.6 is 0 Å². The number of nitrogen functional groups attached to an aromatic ring is 1. The van der Waals surface area contributed by atoms with Gasteiger partial charge in [0.1, 0.15) is 5.82 Å². The summed E-state index contributed by atoms with van der Waals surface area (Å²) in [6, 6.07) is 2.94. The summed E-state index contributed by atoms with van der Waals surface area (Å²) in [5, 5.41) is -0.228. The van der Waals surface area contributed by atoms with Gasteiger partial charge in [-0.25, -0.2) is 14.3 Å². The lowest BCUT2D eigenvalue weighted by Crippen LogP contribution is -2.30. The molecular formula is C11H9N5O3S. The van der Waals surface area contributed by atoms with Crippen LogP contribution < -0.4 is 5.73 Å². The van der Waals surface area contributed by atoms with Gasteiger partial charge in [-0.05, 0) is 12.1 Å². The number of anilines is 1. The molecular weight excluding hydrogens is 282 g/mol. The van der Waals surface area contributed by atoms with Crippen molar-refractivity contribution in [3.63, 3.8) is 0 Å². The molecule has 20 heavy (non-hydrogen) atoms. The molecule has 0 saturated heterocycles. The molecule has 0 spiro atoms. The third-order valence-electron chi connectivity index (χ3n) is 2.79. The highest BCUT2D eigenvalue weighted by molar-refractivity contribution is 7.90. The van der Waals surface area contributed by atoms with E-state index in [4.69, 9.17) is 5.73 Å². The van der Waals surface area contributed by atoms with Crippen LogP contribution in [0.2, 0.25) is 0 Å². The number of sulfonamides is 1. The van der Waals surface area contributed by atoms with Gasteiger partial charge in [0.25, 0.3) is 15.9 Å². The Balaban J connectivity index is 2.00. The van der Waals surface area contributed by atoms with E-state index in [1.165, 1.54) is 30.7 Å². The van der Waals surface area contributed by atoms with E-state index < -0.39 is 15.9 Å². The highest BCUT2D eigenvalue weighted by Gasteiger charge is 2.42. The molecule has 102 valence electrons. The van der Waals surface area contributed by atoms with Gasteiger partial charge in [-0.1, -0.05) is 0 Å². The van der Waals surface area contributed by atoms with Gasteiger partial charge in [-0.3, -0.25) is 9.78 Å². The van der Waals surface area contributed by atoms with E-state index >= 15 is 0 Å². The number of hydrogen-bond acceptors (Lipinski definition) is 7. The molecule has 0 aliphatic carbocycles. The van der Waals surface area contributed by atoms with E-state index in [1.54, 1.807) is 0 Å². The fourth-order valence-corrected chi connectivity index (χ4v) is 3.31. The summed E-state index contributed by atoms with van der Waals surface area (Å²) in [4.78, 5) is 23.6. The zero-order valence-corrected chi connectivity index (χ0v) is 10.9. The molecule has 9 heteroatoms. The molecule has 0 fully saturated rings. The van der Waals surface area contributed by atoms with Crippen molar-refractivity contribution in [2.75, 3.05) is 5.73 Å². The van der Waals surface area contributed by atoms with Crippen LogP contribution in [0.5, 0.6) is 0 Å². The Morgan fingerprint density at radius 1 is 1.20 bits per heavy atom. The van der Waals surface area contributed by atoms with Gasteiger partial charge in [0.05, 0.1) is 30.2 Å². The lowest BCUT2D eigenvalue weighted by molar-refractivity contribution is 0.0863. The van der Waals surface area contributed by atoms with Gasteiger partial charge in [0.15, 0.2) is 5.03 Å². The molecule has 0 aromatic carbocycles. The average molecular weight is 291 g/mol. The van der Waals surface area contributed by atoms with Crippen LogP contribution in [0.3, 0.4) is 0 Å². The van der Waals surface area contributed by atoms with Crippen LogP contribution in [-0.2, 0) is 16.6 Å². The van der Waals surface area contributed by atoms with E-state index in [0.29, 0.717) is 5.69 Å². The zero-order valence-electron chi connectivity index (χ0n) is 10.1. The van der Waals surface area contributed by atoms with Gasteiger partial charge in [-0.15, -0.1) is 0 Å². The number of amides is 1. The van der Waals surface area contributed by atoms with Crippen molar-refractivity contribution in [2.45, 2.75) is 11.6 Å². The Labute approximate surface area is 114 Å². The molecule has 0 bridgehead atoms. The molecule has 2 N–H and O–H groups in total. The summed E-state index contributed by atoms with van der Waals surface area (Å²) in [5.41, 5.74) is 5.79. The fraction of sp³-hybridized carbons (Fsp3) is 0.0909. The largest absolute Gasteiger partial charge is 0.382 e. The fourth-order valence-electron chi connectivity index (χ4n) is 1.86. The minimum Gasteiger partial charge on any atom is -0.382 e. The average Bonchev–Trinajstić information content (AvgIpc) is 2.63. The number of fused-ring (bicyclic) bond motifs is 1. The first-order valence-electron chi connectivity index (χ1n) is 5.58. The molecule has 2 aromatic heterocycles. The second-order valence-corrected chi connectivity index (χ2v) is 5.88. The summed E-state index contributed by atoms with van der Waals surface area (Å²) in [6.07, 6.45) is 3.96. The summed E-state index contributed by atoms with van der Waals surface area (Å²) < 4.78 is 25.2. The third kappa shape index (κ3) is 1.79. The Morgan fingerprint density at radius 3 is 2.65 bits per heavy atom. The number of nitrogens with zero attached hydrogens (tertiary/aromatic N) is 4. The van der Waals surface area contributed by atoms with Crippen LogP contribution in [0.1, 0.15) is 16.1 Å². The third-order valence-corrected chi connectivity index (χ3v) is 4.48. The number of rotatable bonds is 2. The number of aromatic nitrogens is 3. The van der Waals surface area contributed by atoms with Crippen molar-refractivity contribution in [1.29, 1.82) is 0 Å². The van der Waals surface area contributed by atoms with Gasteiger partial charge in [0.2, 0.25) is 0 Å². The van der Waals surface area contributed by atoms with Crippen molar-refractivity contribution < 1.29 is 13.2 Å². The van der Waals surface area contributed by atoms with Gasteiger partial charge < -0.3 is 5.73 Å². The molecule has 1 aliphatic heterocycles. The standard InChI is InChI=1S/C11H9N5O3S/c12-9-5-14-7(4-15-9)6-16-11(17)8-2-1-3-13-10(8)20(16,18)19/h1-5H,6H2,(H2,12,15). The molecule has 2 aromatic rings. The molecule has 0 atom stereocenters. The molecule has 0 saturated carbocycles. The SMILES string of the molecule is Nc1cnc(CN2C(=O)c3cccnc3S2(=O)=O)cn1. The summed E-state index contributed by atoms with van der Waals surface area (Å²) in [6.45, 7) is -0.204. The number of carbonyl (C=O) groups excluding carboxylic acids is 1. The Bertz CT molecular complexity index is 788. The first kappa shape index (κ1) is 12.5. The molecule has 1 amide bonds. The van der Waals surface area contributed by atoms with E-state index in [1.807, 2.05) is 0 Å². The zero-order chi connectivity index (χ0) is 14.3. The predicted octanol–water partition coefficient (Wildman–Crippen LogP) is -0.202. The smallest absolute Gasteiger partial charge is 0.285 e. The molecule has 3 heterocycles. The first-order valence-corrected chi connectivity index (χ1v) is 7.02. The van der Waals surface area contributed by atoms with E-state index in [0.717, 1.165) is 4.31 Å². The highest BCUT2D eigenvalue weighted by atomic mass is 32.2. The second kappa shape index (κ2) is 4.23. The Hall–Kier alpha value is -2.55. The quantitative estimate of drug-likeness (QED) is 0.813. The minimum atomic E-state index is -3.93. The van der Waals surface area contributed by atoms with Crippen molar-refractivity contribution in [3.05, 3.63) is 42.0 Å². The van der Waals surface area contributed by atoms with E-state index in [9.17, 15) is 13.2 Å². The van der Waals surface area contributed by atoms with E-state index in [-0.39, 0.29) is 23.0 Å². The number of carbonyl (C=O) groups is 1. The highest BCUT2D eigenvalue weighted by Crippen LogP contribution is 2.29. The molecule has 8 nitrogen and oxygen atoms in total. The number of hydrogen-bond donors (Lipinski definition) is 1. The summed E-state index contributed by atoms with van der Waals surface area (Å²) in [5.74, 6) is -0.402.